The van der Waals surface area contributed by atoms with Crippen molar-refractivity contribution in [2.24, 2.45) is 0 Å². The van der Waals surface area contributed by atoms with Gasteiger partial charge in [0.25, 0.3) is 0 Å². The van der Waals surface area contributed by atoms with Crippen molar-refractivity contribution in [3.63, 3.8) is 0 Å². The van der Waals surface area contributed by atoms with Gasteiger partial charge < -0.3 is 10.0 Å². The van der Waals surface area contributed by atoms with Gasteiger partial charge in [-0.25, -0.2) is 17.2 Å². The van der Waals surface area contributed by atoms with Crippen LogP contribution in [0.15, 0.2) is 42.5 Å². The van der Waals surface area contributed by atoms with E-state index in [-0.39, 0.29) is 37.6 Å². The van der Waals surface area contributed by atoms with Crippen LogP contribution in [0, 0.1) is 11.6 Å². The molecule has 0 unspecified atom stereocenters. The lowest BCUT2D eigenvalue weighted by Crippen LogP contribution is -2.49. The Labute approximate surface area is 151 Å². The number of halogens is 2. The average Bonchev–Trinajstić information content (AvgIpc) is 2.64. The summed E-state index contributed by atoms with van der Waals surface area (Å²) in [6.45, 7) is 0.926. The van der Waals surface area contributed by atoms with Gasteiger partial charge in [-0.2, -0.15) is 4.31 Å². The number of sulfonamides is 1. The molecule has 1 aliphatic rings. The average molecular weight is 382 g/mol. The molecule has 26 heavy (non-hydrogen) atoms. The number of aryl methyl sites for hydroxylation is 1. The van der Waals surface area contributed by atoms with Crippen LogP contribution in [0.2, 0.25) is 0 Å². The van der Waals surface area contributed by atoms with Crippen LogP contribution in [0.3, 0.4) is 0 Å². The van der Waals surface area contributed by atoms with Crippen molar-refractivity contribution >= 4 is 15.7 Å². The number of anilines is 1. The minimum absolute atomic E-state index is 0.0131. The van der Waals surface area contributed by atoms with Gasteiger partial charge in [-0.15, -0.1) is 0 Å². The summed E-state index contributed by atoms with van der Waals surface area (Å²) in [4.78, 5) is 1.58. The number of phenols is 1. The Hall–Kier alpha value is -2.19. The van der Waals surface area contributed by atoms with Gasteiger partial charge in [-0.05, 0) is 12.0 Å². The molecule has 140 valence electrons. The van der Waals surface area contributed by atoms with Gasteiger partial charge in [0.15, 0.2) is 11.6 Å². The molecule has 2 aromatic carbocycles. The number of aromatic hydroxyl groups is 1. The molecule has 0 radical (unpaired) electrons. The highest BCUT2D eigenvalue weighted by molar-refractivity contribution is 7.89. The first-order chi connectivity index (χ1) is 12.4. The molecule has 2 aromatic rings. The van der Waals surface area contributed by atoms with Crippen molar-refractivity contribution in [1.29, 1.82) is 0 Å². The summed E-state index contributed by atoms with van der Waals surface area (Å²) in [6.07, 6.45) is 0.432. The summed E-state index contributed by atoms with van der Waals surface area (Å²) >= 11 is 0. The molecule has 0 aliphatic carbocycles. The molecule has 0 atom stereocenters. The van der Waals surface area contributed by atoms with Crippen LogP contribution in [-0.4, -0.2) is 49.8 Å². The van der Waals surface area contributed by atoms with E-state index in [0.717, 1.165) is 17.7 Å². The van der Waals surface area contributed by atoms with Crippen molar-refractivity contribution in [3.8, 4) is 5.75 Å². The van der Waals surface area contributed by atoms with Crippen LogP contribution in [-0.2, 0) is 16.4 Å². The van der Waals surface area contributed by atoms with E-state index in [1.54, 1.807) is 4.90 Å². The number of nitrogens with zero attached hydrogens (tertiary/aromatic N) is 2. The van der Waals surface area contributed by atoms with Crippen LogP contribution in [0.25, 0.3) is 0 Å². The molecule has 3 rings (SSSR count). The molecule has 0 aromatic heterocycles. The van der Waals surface area contributed by atoms with Crippen LogP contribution in [0.1, 0.15) is 5.56 Å². The summed E-state index contributed by atoms with van der Waals surface area (Å²) in [5.74, 6) is -2.36. The summed E-state index contributed by atoms with van der Waals surface area (Å²) in [7, 11) is -3.41. The minimum atomic E-state index is -3.41. The standard InChI is InChI=1S/C18H20F2N2O3S/c19-15-13-18(23)16(20)12-17(15)21-7-9-22(10-8-21)26(24,25)11-6-14-4-2-1-3-5-14/h1-5,12-13,23H,6-11H2. The second-order valence-electron chi connectivity index (χ2n) is 6.19. The summed E-state index contributed by atoms with van der Waals surface area (Å²) in [6, 6.07) is 11.0. The molecule has 8 heteroatoms. The number of phenolic OH excluding ortho intramolecular Hbond substituents is 1. The Bertz CT molecular complexity index is 868. The minimum Gasteiger partial charge on any atom is -0.505 e. The van der Waals surface area contributed by atoms with Gasteiger partial charge in [-0.1, -0.05) is 30.3 Å². The zero-order chi connectivity index (χ0) is 18.7. The molecule has 1 fully saturated rings. The number of piperazine rings is 1. The van der Waals surface area contributed by atoms with Crippen molar-refractivity contribution < 1.29 is 22.3 Å². The maximum absolute atomic E-state index is 14.0. The highest BCUT2D eigenvalue weighted by Crippen LogP contribution is 2.27. The molecule has 1 aliphatic heterocycles. The number of hydrogen-bond donors (Lipinski definition) is 1. The van der Waals surface area contributed by atoms with Crippen LogP contribution in [0.5, 0.6) is 5.75 Å². The second-order valence-corrected chi connectivity index (χ2v) is 8.28. The molecule has 5 nitrogen and oxygen atoms in total. The number of hydrogen-bond acceptors (Lipinski definition) is 4. The zero-order valence-corrected chi connectivity index (χ0v) is 14.9. The summed E-state index contributed by atoms with van der Waals surface area (Å²) in [5, 5.41) is 9.20. The first kappa shape index (κ1) is 18.6. The maximum atomic E-state index is 14.0. The predicted molar refractivity (Wildman–Crippen MR) is 95.7 cm³/mol. The fourth-order valence-electron chi connectivity index (χ4n) is 3.00. The van der Waals surface area contributed by atoms with E-state index in [1.807, 2.05) is 30.3 Å². The van der Waals surface area contributed by atoms with Crippen LogP contribution in [0.4, 0.5) is 14.5 Å². The molecule has 1 N–H and O–H groups in total. The molecule has 1 saturated heterocycles. The van der Waals surface area contributed by atoms with E-state index in [1.165, 1.54) is 4.31 Å². The normalized spacial score (nSPS) is 16.0. The quantitative estimate of drug-likeness (QED) is 0.863. The molecular weight excluding hydrogens is 362 g/mol. The Balaban J connectivity index is 1.62. The number of rotatable bonds is 5. The predicted octanol–water partition coefficient (Wildman–Crippen LogP) is 2.36. The Kier molecular flexibility index (Phi) is 5.43. The monoisotopic (exact) mass is 382 g/mol. The molecule has 0 bridgehead atoms. The van der Waals surface area contributed by atoms with Crippen molar-refractivity contribution in [2.45, 2.75) is 6.42 Å². The van der Waals surface area contributed by atoms with Crippen molar-refractivity contribution in [3.05, 3.63) is 59.7 Å². The molecular formula is C18H20F2N2O3S. The smallest absolute Gasteiger partial charge is 0.214 e. The van der Waals surface area contributed by atoms with E-state index in [9.17, 15) is 22.3 Å². The highest BCUT2D eigenvalue weighted by atomic mass is 32.2. The van der Waals surface area contributed by atoms with Crippen molar-refractivity contribution in [1.82, 2.24) is 4.31 Å². The number of benzene rings is 2. The maximum Gasteiger partial charge on any atom is 0.214 e. The molecule has 0 amide bonds. The fraction of sp³-hybridized carbons (Fsp3) is 0.333. The van der Waals surface area contributed by atoms with Gasteiger partial charge in [0.05, 0.1) is 11.4 Å². The molecule has 0 spiro atoms. The highest BCUT2D eigenvalue weighted by Gasteiger charge is 2.28. The summed E-state index contributed by atoms with van der Waals surface area (Å²) < 4.78 is 53.9. The molecule has 1 heterocycles. The van der Waals surface area contributed by atoms with Crippen LogP contribution >= 0.6 is 0 Å². The largest absolute Gasteiger partial charge is 0.505 e. The van der Waals surface area contributed by atoms with Gasteiger partial charge in [0, 0.05) is 38.3 Å². The third-order valence-electron chi connectivity index (χ3n) is 4.48. The first-order valence-corrected chi connectivity index (χ1v) is 9.92. The Morgan fingerprint density at radius 3 is 2.27 bits per heavy atom. The lowest BCUT2D eigenvalue weighted by atomic mass is 10.2. The van der Waals surface area contributed by atoms with Crippen molar-refractivity contribution in [2.75, 3.05) is 36.8 Å². The van der Waals surface area contributed by atoms with E-state index in [2.05, 4.69) is 0 Å². The van der Waals surface area contributed by atoms with E-state index >= 15 is 0 Å². The van der Waals surface area contributed by atoms with E-state index in [4.69, 9.17) is 0 Å². The van der Waals surface area contributed by atoms with E-state index in [0.29, 0.717) is 6.42 Å². The van der Waals surface area contributed by atoms with Gasteiger partial charge in [0.2, 0.25) is 10.0 Å². The third kappa shape index (κ3) is 4.13. The SMILES string of the molecule is O=S(=O)(CCc1ccccc1)N1CCN(c2cc(F)c(O)cc2F)CC1. The third-order valence-corrected chi connectivity index (χ3v) is 6.35. The van der Waals surface area contributed by atoms with Gasteiger partial charge in [-0.3, -0.25) is 0 Å². The van der Waals surface area contributed by atoms with Crippen LogP contribution < -0.4 is 4.90 Å². The summed E-state index contributed by atoms with van der Waals surface area (Å²) in [5.41, 5.74) is 0.984. The lowest BCUT2D eigenvalue weighted by Gasteiger charge is -2.35. The lowest BCUT2D eigenvalue weighted by molar-refractivity contribution is 0.381. The Morgan fingerprint density at radius 1 is 0.962 bits per heavy atom. The van der Waals surface area contributed by atoms with Gasteiger partial charge in [0.1, 0.15) is 5.82 Å². The zero-order valence-electron chi connectivity index (χ0n) is 14.1. The fourth-order valence-corrected chi connectivity index (χ4v) is 4.47. The van der Waals surface area contributed by atoms with E-state index < -0.39 is 27.4 Å². The Morgan fingerprint density at radius 2 is 1.62 bits per heavy atom. The first-order valence-electron chi connectivity index (χ1n) is 8.31. The van der Waals surface area contributed by atoms with Gasteiger partial charge >= 0.3 is 0 Å². The second kappa shape index (κ2) is 7.59. The topological polar surface area (TPSA) is 60.9 Å². The molecule has 0 saturated carbocycles.